The van der Waals surface area contributed by atoms with Gasteiger partial charge in [-0.05, 0) is 13.8 Å². The summed E-state index contributed by atoms with van der Waals surface area (Å²) in [5, 5.41) is 6.52. The highest BCUT2D eigenvalue weighted by atomic mass is 32.2. The lowest BCUT2D eigenvalue weighted by Crippen LogP contribution is -2.27. The van der Waals surface area contributed by atoms with Gasteiger partial charge >= 0.3 is 0 Å². The Balaban J connectivity index is 2.62. The molecule has 0 fully saturated rings. The van der Waals surface area contributed by atoms with E-state index in [1.54, 1.807) is 13.8 Å². The maximum Gasteiger partial charge on any atom is 0.244 e. The summed E-state index contributed by atoms with van der Waals surface area (Å²) in [4.78, 5) is 0.236. The first kappa shape index (κ1) is 14.1. The van der Waals surface area contributed by atoms with Crippen molar-refractivity contribution in [2.75, 3.05) is 18.1 Å². The molecule has 17 heavy (non-hydrogen) atoms. The van der Waals surface area contributed by atoms with Crippen LogP contribution in [0.4, 0.5) is 0 Å². The lowest BCUT2D eigenvalue weighted by atomic mass is 10.4. The van der Waals surface area contributed by atoms with Gasteiger partial charge in [-0.1, -0.05) is 5.92 Å². The molecule has 0 radical (unpaired) electrons. The highest BCUT2D eigenvalue weighted by Gasteiger charge is 2.21. The van der Waals surface area contributed by atoms with E-state index in [1.165, 1.54) is 11.8 Å². The van der Waals surface area contributed by atoms with Gasteiger partial charge in [0.2, 0.25) is 10.0 Å². The fraction of sp³-hybridized carbons (Fsp3) is 0.500. The molecule has 1 rings (SSSR count). The normalized spacial score (nSPS) is 11.4. The van der Waals surface area contributed by atoms with Crippen molar-refractivity contribution >= 4 is 21.8 Å². The highest BCUT2D eigenvalue weighted by Crippen LogP contribution is 2.15. The first-order chi connectivity index (χ1) is 7.99. The van der Waals surface area contributed by atoms with Crippen LogP contribution in [-0.2, 0) is 10.0 Å². The first-order valence-electron chi connectivity index (χ1n) is 5.01. The second-order valence-corrected chi connectivity index (χ2v) is 6.23. The lowest BCUT2D eigenvalue weighted by Gasteiger charge is -2.05. The Kier molecular flexibility index (Phi) is 5.05. The van der Waals surface area contributed by atoms with Crippen molar-refractivity contribution < 1.29 is 8.42 Å². The predicted octanol–water partition coefficient (Wildman–Crippen LogP) is 0.671. The van der Waals surface area contributed by atoms with Crippen molar-refractivity contribution in [1.29, 1.82) is 0 Å². The van der Waals surface area contributed by atoms with Gasteiger partial charge in [-0.2, -0.15) is 5.10 Å². The zero-order valence-corrected chi connectivity index (χ0v) is 11.4. The van der Waals surface area contributed by atoms with Gasteiger partial charge < -0.3 is 0 Å². The molecule has 0 aromatic carbocycles. The van der Waals surface area contributed by atoms with E-state index in [9.17, 15) is 8.42 Å². The summed E-state index contributed by atoms with van der Waals surface area (Å²) < 4.78 is 26.4. The van der Waals surface area contributed by atoms with Crippen molar-refractivity contribution in [2.45, 2.75) is 18.7 Å². The zero-order valence-electron chi connectivity index (χ0n) is 9.78. The molecule has 1 aromatic heterocycles. The quantitative estimate of drug-likeness (QED) is 0.590. The number of aryl methyl sites for hydroxylation is 2. The summed E-state index contributed by atoms with van der Waals surface area (Å²) in [6.07, 6.45) is 5.09. The molecule has 2 N–H and O–H groups in total. The maximum absolute atomic E-state index is 11.9. The van der Waals surface area contributed by atoms with E-state index in [-0.39, 0.29) is 4.90 Å². The van der Waals surface area contributed by atoms with Crippen LogP contribution < -0.4 is 4.72 Å². The second kappa shape index (κ2) is 6.10. The van der Waals surface area contributed by atoms with Crippen LogP contribution in [0.5, 0.6) is 0 Å². The molecular weight excluding hydrogens is 258 g/mol. The van der Waals surface area contributed by atoms with Crippen LogP contribution in [0.2, 0.25) is 0 Å². The molecule has 0 atom stereocenters. The summed E-state index contributed by atoms with van der Waals surface area (Å²) in [5.41, 5.74) is 1.03. The van der Waals surface area contributed by atoms with Gasteiger partial charge in [-0.15, -0.1) is 18.2 Å². The summed E-state index contributed by atoms with van der Waals surface area (Å²) in [6, 6.07) is 0. The number of aromatic amines is 1. The molecule has 1 aromatic rings. The Morgan fingerprint density at radius 2 is 2.24 bits per heavy atom. The third kappa shape index (κ3) is 3.77. The second-order valence-electron chi connectivity index (χ2n) is 3.42. The number of H-pyrrole nitrogens is 1. The standard InChI is InChI=1S/C10H15N3O2S2/c1-4-6-16-7-5-11-17(14,15)10-8(2)12-13-9(10)3/h1,11H,5-7H2,2-3H3,(H,12,13). The molecule has 7 heteroatoms. The molecular formula is C10H15N3O2S2. The summed E-state index contributed by atoms with van der Waals surface area (Å²) in [5.74, 6) is 3.72. The number of terminal acetylenes is 1. The van der Waals surface area contributed by atoms with Crippen LogP contribution in [0.15, 0.2) is 4.90 Å². The molecule has 0 aliphatic rings. The maximum atomic E-state index is 11.9. The van der Waals surface area contributed by atoms with Crippen molar-refractivity contribution in [1.82, 2.24) is 14.9 Å². The number of hydrogen-bond donors (Lipinski definition) is 2. The Morgan fingerprint density at radius 1 is 1.53 bits per heavy atom. The first-order valence-corrected chi connectivity index (χ1v) is 7.65. The molecule has 0 saturated carbocycles. The van der Waals surface area contributed by atoms with Gasteiger partial charge in [0.05, 0.1) is 17.1 Å². The largest absolute Gasteiger partial charge is 0.281 e. The number of nitrogens with one attached hydrogen (secondary N) is 2. The summed E-state index contributed by atoms with van der Waals surface area (Å²) in [6.45, 7) is 3.70. The molecule has 0 amide bonds. The van der Waals surface area contributed by atoms with Crippen LogP contribution in [0.1, 0.15) is 11.4 Å². The molecule has 0 aliphatic heterocycles. The topological polar surface area (TPSA) is 74.8 Å². The van der Waals surface area contributed by atoms with E-state index in [0.29, 0.717) is 29.4 Å². The Hall–Kier alpha value is -0.970. The number of sulfonamides is 1. The molecule has 0 unspecified atom stereocenters. The number of thioether (sulfide) groups is 1. The predicted molar refractivity (Wildman–Crippen MR) is 69.4 cm³/mol. The fourth-order valence-corrected chi connectivity index (χ4v) is 3.42. The van der Waals surface area contributed by atoms with Crippen LogP contribution >= 0.6 is 11.8 Å². The zero-order chi connectivity index (χ0) is 12.9. The summed E-state index contributed by atoms with van der Waals surface area (Å²) >= 11 is 1.51. The van der Waals surface area contributed by atoms with Crippen LogP contribution in [0.3, 0.4) is 0 Å². The highest BCUT2D eigenvalue weighted by molar-refractivity contribution is 7.99. The fourth-order valence-electron chi connectivity index (χ4n) is 1.39. The Bertz CT molecular complexity index is 495. The molecule has 0 spiro atoms. The van der Waals surface area contributed by atoms with Gasteiger partial charge in [0, 0.05) is 12.3 Å². The van der Waals surface area contributed by atoms with E-state index < -0.39 is 10.0 Å². The number of hydrogen-bond acceptors (Lipinski definition) is 4. The minimum Gasteiger partial charge on any atom is -0.281 e. The number of aromatic nitrogens is 2. The minimum atomic E-state index is -3.47. The van der Waals surface area contributed by atoms with Crippen molar-refractivity contribution in [2.24, 2.45) is 0 Å². The lowest BCUT2D eigenvalue weighted by molar-refractivity contribution is 0.583. The average Bonchev–Trinajstić information content (AvgIpc) is 2.58. The van der Waals surface area contributed by atoms with Crippen molar-refractivity contribution in [3.05, 3.63) is 11.4 Å². The van der Waals surface area contributed by atoms with E-state index in [0.717, 1.165) is 0 Å². The average molecular weight is 273 g/mol. The SMILES string of the molecule is C#CCSCCNS(=O)(=O)c1c(C)n[nH]c1C. The van der Waals surface area contributed by atoms with Crippen molar-refractivity contribution in [3.8, 4) is 12.3 Å². The molecule has 5 nitrogen and oxygen atoms in total. The monoisotopic (exact) mass is 273 g/mol. The van der Waals surface area contributed by atoms with Gasteiger partial charge in [0.15, 0.2) is 0 Å². The molecule has 0 saturated heterocycles. The van der Waals surface area contributed by atoms with E-state index >= 15 is 0 Å². The van der Waals surface area contributed by atoms with Gasteiger partial charge in [0.25, 0.3) is 0 Å². The Labute approximate surface area is 106 Å². The number of rotatable bonds is 6. The number of nitrogens with zero attached hydrogens (tertiary/aromatic N) is 1. The molecule has 94 valence electrons. The van der Waals surface area contributed by atoms with E-state index in [4.69, 9.17) is 6.42 Å². The van der Waals surface area contributed by atoms with Gasteiger partial charge in [-0.25, -0.2) is 13.1 Å². The van der Waals surface area contributed by atoms with Crippen LogP contribution in [0.25, 0.3) is 0 Å². The van der Waals surface area contributed by atoms with E-state index in [1.807, 2.05) is 0 Å². The molecule has 0 aliphatic carbocycles. The van der Waals surface area contributed by atoms with Crippen LogP contribution in [-0.4, -0.2) is 36.7 Å². The third-order valence-corrected chi connectivity index (χ3v) is 4.64. The van der Waals surface area contributed by atoms with E-state index in [2.05, 4.69) is 20.8 Å². The Morgan fingerprint density at radius 3 is 2.76 bits per heavy atom. The van der Waals surface area contributed by atoms with Crippen molar-refractivity contribution in [3.63, 3.8) is 0 Å². The molecule has 0 bridgehead atoms. The summed E-state index contributed by atoms with van der Waals surface area (Å²) in [7, 11) is -3.47. The van der Waals surface area contributed by atoms with Gasteiger partial charge in [-0.3, -0.25) is 5.10 Å². The third-order valence-electron chi connectivity index (χ3n) is 2.05. The minimum absolute atomic E-state index is 0.236. The molecule has 1 heterocycles. The van der Waals surface area contributed by atoms with Crippen LogP contribution in [0, 0.1) is 26.2 Å². The smallest absolute Gasteiger partial charge is 0.244 e. The van der Waals surface area contributed by atoms with Gasteiger partial charge in [0.1, 0.15) is 4.90 Å².